The second-order valence-electron chi connectivity index (χ2n) is 10.3. The van der Waals surface area contributed by atoms with Gasteiger partial charge in [0.05, 0.1) is 29.8 Å². The average Bonchev–Trinajstić information content (AvgIpc) is 2.98. The van der Waals surface area contributed by atoms with Crippen LogP contribution in [0.2, 0.25) is 0 Å². The molecule has 0 aromatic heterocycles. The van der Waals surface area contributed by atoms with E-state index in [4.69, 9.17) is 19.3 Å². The number of rotatable bonds is 20. The van der Waals surface area contributed by atoms with E-state index >= 15 is 0 Å². The molecule has 9 nitrogen and oxygen atoms in total. The first kappa shape index (κ1) is 32.4. The Bertz CT molecular complexity index is 1240. The summed E-state index contributed by atoms with van der Waals surface area (Å²) in [5.74, 6) is -0.136. The summed E-state index contributed by atoms with van der Waals surface area (Å²) in [5.41, 5.74) is 2.01. The summed E-state index contributed by atoms with van der Waals surface area (Å²) in [6.45, 7) is 3.47. The molecule has 0 bridgehead atoms. The number of aromatic carboxylic acids is 1. The van der Waals surface area contributed by atoms with Crippen LogP contribution in [0.25, 0.3) is 11.1 Å². The summed E-state index contributed by atoms with van der Waals surface area (Å²) < 4.78 is 17.2. The lowest BCUT2D eigenvalue weighted by Crippen LogP contribution is -2.20. The number of unbranched alkanes of at least 4 members (excludes halogenated alkanes) is 8. The van der Waals surface area contributed by atoms with Crippen molar-refractivity contribution in [2.24, 2.45) is 0 Å². The standard InChI is InChI=1S/C33H41NO8/c1-25(42-32-20-17-29(35)23-31(32)34(38)39)24-40-21-9-7-5-3-2-4-6-8-10-22-41-30-18-15-27(16-19-30)26-11-13-28(14-12-26)33(36)37/h11-20,23,25,35H,2-10,21-22,24H2,1H3,(H,36,37). The number of carboxylic acid groups (broad SMARTS) is 1. The Morgan fingerprint density at radius 2 is 1.36 bits per heavy atom. The van der Waals surface area contributed by atoms with Gasteiger partial charge in [-0.3, -0.25) is 10.1 Å². The van der Waals surface area contributed by atoms with Crippen LogP contribution < -0.4 is 9.47 Å². The largest absolute Gasteiger partial charge is 0.508 e. The molecule has 42 heavy (non-hydrogen) atoms. The molecule has 0 radical (unpaired) electrons. The predicted octanol–water partition coefficient (Wildman–Crippen LogP) is 8.04. The van der Waals surface area contributed by atoms with Crippen LogP contribution in [0.3, 0.4) is 0 Å². The van der Waals surface area contributed by atoms with Gasteiger partial charge in [0, 0.05) is 6.61 Å². The lowest BCUT2D eigenvalue weighted by Gasteiger charge is -2.15. The fourth-order valence-corrected chi connectivity index (χ4v) is 4.53. The third-order valence-electron chi connectivity index (χ3n) is 6.84. The van der Waals surface area contributed by atoms with E-state index in [9.17, 15) is 20.0 Å². The van der Waals surface area contributed by atoms with Crippen LogP contribution in [0.4, 0.5) is 5.69 Å². The first-order valence-corrected chi connectivity index (χ1v) is 14.6. The summed E-state index contributed by atoms with van der Waals surface area (Å²) in [6, 6.07) is 18.6. The van der Waals surface area contributed by atoms with E-state index in [-0.39, 0.29) is 28.9 Å². The van der Waals surface area contributed by atoms with E-state index in [0.717, 1.165) is 48.6 Å². The van der Waals surface area contributed by atoms with Crippen LogP contribution in [0.15, 0.2) is 66.7 Å². The maximum Gasteiger partial charge on any atom is 0.335 e. The minimum absolute atomic E-state index is 0.122. The van der Waals surface area contributed by atoms with Crippen LogP contribution in [-0.4, -0.2) is 47.0 Å². The molecule has 1 unspecified atom stereocenters. The normalized spacial score (nSPS) is 11.6. The van der Waals surface area contributed by atoms with E-state index in [1.165, 1.54) is 44.2 Å². The second kappa shape index (κ2) is 17.6. The quantitative estimate of drug-likeness (QED) is 0.0782. The van der Waals surface area contributed by atoms with Gasteiger partial charge in [0.2, 0.25) is 0 Å². The van der Waals surface area contributed by atoms with Gasteiger partial charge >= 0.3 is 11.7 Å². The van der Waals surface area contributed by atoms with E-state index in [2.05, 4.69) is 0 Å². The van der Waals surface area contributed by atoms with Crippen molar-refractivity contribution in [1.29, 1.82) is 0 Å². The number of nitro groups is 1. The monoisotopic (exact) mass is 579 g/mol. The van der Waals surface area contributed by atoms with E-state index in [1.807, 2.05) is 36.4 Å². The van der Waals surface area contributed by atoms with Crippen LogP contribution in [0.5, 0.6) is 17.2 Å². The van der Waals surface area contributed by atoms with Gasteiger partial charge in [-0.15, -0.1) is 0 Å². The van der Waals surface area contributed by atoms with Crippen molar-refractivity contribution in [3.63, 3.8) is 0 Å². The van der Waals surface area contributed by atoms with Crippen molar-refractivity contribution < 1.29 is 34.1 Å². The Morgan fingerprint density at radius 3 is 1.93 bits per heavy atom. The summed E-state index contributed by atoms with van der Waals surface area (Å²) in [7, 11) is 0. The molecule has 0 fully saturated rings. The molecule has 0 spiro atoms. The molecule has 0 aliphatic rings. The second-order valence-corrected chi connectivity index (χ2v) is 10.3. The van der Waals surface area contributed by atoms with Crippen LogP contribution in [-0.2, 0) is 4.74 Å². The molecule has 0 aliphatic heterocycles. The Labute approximate surface area is 247 Å². The number of ether oxygens (including phenoxy) is 3. The minimum Gasteiger partial charge on any atom is -0.508 e. The number of carboxylic acids is 1. The highest BCUT2D eigenvalue weighted by Crippen LogP contribution is 2.31. The molecular formula is C33H41NO8. The van der Waals surface area contributed by atoms with Crippen molar-refractivity contribution in [2.45, 2.75) is 70.8 Å². The Hall–Kier alpha value is -4.11. The first-order chi connectivity index (χ1) is 20.3. The molecule has 0 aliphatic carbocycles. The zero-order chi connectivity index (χ0) is 30.2. The number of nitro benzene ring substituents is 1. The number of phenolic OH excluding ortho intramolecular Hbond substituents is 1. The molecular weight excluding hydrogens is 538 g/mol. The molecule has 0 saturated heterocycles. The number of aromatic hydroxyl groups is 1. The highest BCUT2D eigenvalue weighted by molar-refractivity contribution is 5.88. The third kappa shape index (κ3) is 11.4. The molecule has 3 rings (SSSR count). The number of hydrogen-bond donors (Lipinski definition) is 2. The fourth-order valence-electron chi connectivity index (χ4n) is 4.53. The highest BCUT2D eigenvalue weighted by atomic mass is 16.6. The van der Waals surface area contributed by atoms with Crippen molar-refractivity contribution >= 4 is 11.7 Å². The van der Waals surface area contributed by atoms with Crippen molar-refractivity contribution in [2.75, 3.05) is 19.8 Å². The lowest BCUT2D eigenvalue weighted by atomic mass is 10.0. The molecule has 0 heterocycles. The maximum atomic E-state index is 11.1. The Kier molecular flexibility index (Phi) is 13.6. The zero-order valence-electron chi connectivity index (χ0n) is 24.2. The van der Waals surface area contributed by atoms with Crippen molar-refractivity contribution in [3.05, 3.63) is 82.4 Å². The average molecular weight is 580 g/mol. The van der Waals surface area contributed by atoms with E-state index < -0.39 is 10.9 Å². The molecule has 1 atom stereocenters. The molecule has 9 heteroatoms. The number of hydrogen-bond acceptors (Lipinski definition) is 7. The van der Waals surface area contributed by atoms with Gasteiger partial charge in [0.25, 0.3) is 0 Å². The number of phenols is 1. The predicted molar refractivity (Wildman–Crippen MR) is 162 cm³/mol. The van der Waals surface area contributed by atoms with Crippen LogP contribution in [0.1, 0.15) is 75.1 Å². The summed E-state index contributed by atoms with van der Waals surface area (Å²) in [6.07, 6.45) is 9.97. The van der Waals surface area contributed by atoms with Gasteiger partial charge < -0.3 is 24.4 Å². The van der Waals surface area contributed by atoms with Crippen molar-refractivity contribution in [3.8, 4) is 28.4 Å². The van der Waals surface area contributed by atoms with Crippen LogP contribution in [0, 0.1) is 10.1 Å². The van der Waals surface area contributed by atoms with Crippen LogP contribution >= 0.6 is 0 Å². The fraction of sp³-hybridized carbons (Fsp3) is 0.424. The Morgan fingerprint density at radius 1 is 0.810 bits per heavy atom. The number of carbonyl (C=O) groups is 1. The molecule has 0 amide bonds. The number of benzene rings is 3. The lowest BCUT2D eigenvalue weighted by molar-refractivity contribution is -0.386. The van der Waals surface area contributed by atoms with Gasteiger partial charge in [-0.05, 0) is 67.3 Å². The van der Waals surface area contributed by atoms with Crippen molar-refractivity contribution in [1.82, 2.24) is 0 Å². The first-order valence-electron chi connectivity index (χ1n) is 14.6. The van der Waals surface area contributed by atoms with Gasteiger partial charge in [0.1, 0.15) is 17.6 Å². The Balaban J connectivity index is 1.14. The molecule has 2 N–H and O–H groups in total. The van der Waals surface area contributed by atoms with Gasteiger partial charge in [-0.2, -0.15) is 0 Å². The molecule has 226 valence electrons. The molecule has 3 aromatic carbocycles. The summed E-state index contributed by atoms with van der Waals surface area (Å²) >= 11 is 0. The van der Waals surface area contributed by atoms with E-state index in [1.54, 1.807) is 19.1 Å². The summed E-state index contributed by atoms with van der Waals surface area (Å²) in [5, 5.41) is 29.6. The SMILES string of the molecule is CC(COCCCCCCCCCCCOc1ccc(-c2ccc(C(=O)O)cc2)cc1)Oc1ccc(O)cc1[N+](=O)[O-]. The topological polar surface area (TPSA) is 128 Å². The maximum absolute atomic E-state index is 11.1. The van der Waals surface area contributed by atoms with Gasteiger partial charge in [-0.25, -0.2) is 4.79 Å². The third-order valence-corrected chi connectivity index (χ3v) is 6.84. The smallest absolute Gasteiger partial charge is 0.335 e. The highest BCUT2D eigenvalue weighted by Gasteiger charge is 2.18. The zero-order valence-corrected chi connectivity index (χ0v) is 24.2. The van der Waals surface area contributed by atoms with E-state index in [0.29, 0.717) is 19.8 Å². The van der Waals surface area contributed by atoms with Gasteiger partial charge in [-0.1, -0.05) is 69.2 Å². The number of nitrogens with zero attached hydrogens (tertiary/aromatic N) is 1. The summed E-state index contributed by atoms with van der Waals surface area (Å²) in [4.78, 5) is 21.5. The minimum atomic E-state index is -0.926. The molecule has 0 saturated carbocycles. The van der Waals surface area contributed by atoms with Gasteiger partial charge in [0.15, 0.2) is 5.75 Å². The molecule has 3 aromatic rings.